The molecule has 7 nitrogen and oxygen atoms in total. The van der Waals surface area contributed by atoms with E-state index in [1.54, 1.807) is 14.7 Å². The third kappa shape index (κ3) is 2.01. The van der Waals surface area contributed by atoms with Crippen molar-refractivity contribution in [2.24, 2.45) is 11.3 Å². The van der Waals surface area contributed by atoms with Crippen LogP contribution in [0.1, 0.15) is 16.2 Å². The number of likely N-dealkylation sites (tertiary alicyclic amines) is 2. The molecule has 2 atom stereocenters. The quantitative estimate of drug-likeness (QED) is 0.879. The lowest BCUT2D eigenvalue weighted by molar-refractivity contribution is -0.148. The molecule has 0 aromatic carbocycles. The lowest BCUT2D eigenvalue weighted by Gasteiger charge is -2.24. The fraction of sp³-hybridized carbons (Fsp3) is 0.533. The van der Waals surface area contributed by atoms with Gasteiger partial charge in [-0.15, -0.1) is 11.3 Å². The highest BCUT2D eigenvalue weighted by molar-refractivity contribution is 7.15. The van der Waals surface area contributed by atoms with E-state index in [2.05, 4.69) is 4.98 Å². The molecule has 1 N–H and O–H groups in total. The van der Waals surface area contributed by atoms with Crippen LogP contribution in [-0.2, 0) is 4.79 Å². The highest BCUT2D eigenvalue weighted by atomic mass is 32.1. The largest absolute Gasteiger partial charge is 0.481 e. The first-order chi connectivity index (χ1) is 10.9. The van der Waals surface area contributed by atoms with Gasteiger partial charge >= 0.3 is 5.97 Å². The molecule has 0 aliphatic carbocycles. The maximum absolute atomic E-state index is 12.9. The van der Waals surface area contributed by atoms with Crippen molar-refractivity contribution >= 4 is 28.2 Å². The Labute approximate surface area is 137 Å². The highest BCUT2D eigenvalue weighted by Crippen LogP contribution is 2.42. The van der Waals surface area contributed by atoms with E-state index in [0.29, 0.717) is 18.8 Å². The van der Waals surface area contributed by atoms with Crippen molar-refractivity contribution in [3.8, 4) is 0 Å². The summed E-state index contributed by atoms with van der Waals surface area (Å²) in [6.07, 6.45) is 1.84. The fourth-order valence-corrected chi connectivity index (χ4v) is 4.88. The second-order valence-corrected chi connectivity index (χ2v) is 7.53. The second-order valence-electron chi connectivity index (χ2n) is 6.70. The van der Waals surface area contributed by atoms with Crippen LogP contribution in [0.25, 0.3) is 4.96 Å². The van der Waals surface area contributed by atoms with E-state index in [-0.39, 0.29) is 18.4 Å². The van der Waals surface area contributed by atoms with Gasteiger partial charge < -0.3 is 14.9 Å². The van der Waals surface area contributed by atoms with Crippen molar-refractivity contribution in [3.63, 3.8) is 0 Å². The molecule has 2 aromatic heterocycles. The van der Waals surface area contributed by atoms with Crippen LogP contribution >= 0.6 is 11.3 Å². The minimum atomic E-state index is -0.829. The Morgan fingerprint density at radius 1 is 1.39 bits per heavy atom. The summed E-state index contributed by atoms with van der Waals surface area (Å²) in [5.74, 6) is -0.907. The van der Waals surface area contributed by atoms with Gasteiger partial charge in [0.25, 0.3) is 5.91 Å². The van der Waals surface area contributed by atoms with Crippen LogP contribution in [0.15, 0.2) is 11.6 Å². The molecular weight excluding hydrogens is 316 g/mol. The van der Waals surface area contributed by atoms with Crippen molar-refractivity contribution in [2.75, 3.05) is 33.2 Å². The normalized spacial score (nSPS) is 27.7. The summed E-state index contributed by atoms with van der Waals surface area (Å²) >= 11 is 1.43. The van der Waals surface area contributed by atoms with Gasteiger partial charge in [-0.1, -0.05) is 0 Å². The molecule has 0 radical (unpaired) electrons. The van der Waals surface area contributed by atoms with Crippen LogP contribution in [0.2, 0.25) is 0 Å². The van der Waals surface area contributed by atoms with Crippen LogP contribution in [-0.4, -0.2) is 69.4 Å². The molecule has 8 heteroatoms. The molecule has 2 saturated heterocycles. The number of carboxylic acid groups (broad SMARTS) is 1. The third-order valence-electron chi connectivity index (χ3n) is 5.04. The number of aromatic nitrogens is 2. The molecule has 2 fully saturated rings. The molecule has 2 aliphatic rings. The first-order valence-electron chi connectivity index (χ1n) is 7.55. The maximum Gasteiger partial charge on any atom is 0.313 e. The number of aliphatic carboxylic acids is 1. The molecule has 4 heterocycles. The van der Waals surface area contributed by atoms with Gasteiger partial charge in [0.1, 0.15) is 11.1 Å². The summed E-state index contributed by atoms with van der Waals surface area (Å²) in [4.78, 5) is 33.6. The number of fused-ring (bicyclic) bond motifs is 2. The summed E-state index contributed by atoms with van der Waals surface area (Å²) < 4.78 is 1.80. The van der Waals surface area contributed by atoms with Gasteiger partial charge in [-0.25, -0.2) is 4.98 Å². The molecular formula is C15H18N4O3S. The molecule has 1 amide bonds. The number of aryl methyl sites for hydroxylation is 1. The van der Waals surface area contributed by atoms with E-state index in [1.165, 1.54) is 11.3 Å². The van der Waals surface area contributed by atoms with E-state index in [0.717, 1.165) is 17.2 Å². The Kier molecular flexibility index (Phi) is 3.05. The van der Waals surface area contributed by atoms with E-state index in [9.17, 15) is 14.7 Å². The average molecular weight is 334 g/mol. The SMILES string of the molecule is Cc1cn2c(C(=O)N3C[C@H]4CN(C)C[C@@]4(C(=O)O)C3)csc2n1. The van der Waals surface area contributed by atoms with Crippen LogP contribution in [0.3, 0.4) is 0 Å². The molecule has 122 valence electrons. The number of carbonyl (C=O) groups is 2. The van der Waals surface area contributed by atoms with Gasteiger partial charge in [-0.3, -0.25) is 14.0 Å². The van der Waals surface area contributed by atoms with Gasteiger partial charge in [0.05, 0.1) is 5.69 Å². The molecule has 0 bridgehead atoms. The number of carbonyl (C=O) groups excluding carboxylic acids is 1. The topological polar surface area (TPSA) is 78.2 Å². The van der Waals surface area contributed by atoms with Crippen molar-refractivity contribution in [1.82, 2.24) is 19.2 Å². The standard InChI is InChI=1S/C15H18N4O3S/c1-9-3-19-11(6-23-14(19)16-9)12(20)18-5-10-4-17(2)7-15(10,8-18)13(21)22/h3,6,10H,4-5,7-8H2,1-2H3,(H,21,22)/t10-,15-/m1/s1. The first kappa shape index (κ1) is 14.6. The molecule has 0 unspecified atom stereocenters. The zero-order valence-corrected chi connectivity index (χ0v) is 13.8. The van der Waals surface area contributed by atoms with Gasteiger partial charge in [-0.2, -0.15) is 0 Å². The maximum atomic E-state index is 12.9. The van der Waals surface area contributed by atoms with Crippen LogP contribution in [0.4, 0.5) is 0 Å². The summed E-state index contributed by atoms with van der Waals surface area (Å²) in [6, 6.07) is 0. The van der Waals surface area contributed by atoms with E-state index in [4.69, 9.17) is 0 Å². The number of amides is 1. The number of carboxylic acids is 1. The molecule has 2 aliphatic heterocycles. The lowest BCUT2D eigenvalue weighted by atomic mass is 9.81. The number of imidazole rings is 1. The lowest BCUT2D eigenvalue weighted by Crippen LogP contribution is -2.41. The van der Waals surface area contributed by atoms with Gasteiger partial charge in [0.15, 0.2) is 4.96 Å². The van der Waals surface area contributed by atoms with E-state index < -0.39 is 11.4 Å². The third-order valence-corrected chi connectivity index (χ3v) is 5.88. The summed E-state index contributed by atoms with van der Waals surface area (Å²) in [5.41, 5.74) is 0.608. The summed E-state index contributed by atoms with van der Waals surface area (Å²) in [6.45, 7) is 3.89. The number of thiazole rings is 1. The molecule has 0 saturated carbocycles. The predicted molar refractivity (Wildman–Crippen MR) is 84.8 cm³/mol. The number of hydrogen-bond donors (Lipinski definition) is 1. The van der Waals surface area contributed by atoms with Crippen LogP contribution < -0.4 is 0 Å². The Bertz CT molecular complexity index is 813. The molecule has 2 aromatic rings. The predicted octanol–water partition coefficient (Wildman–Crippen LogP) is 0.793. The van der Waals surface area contributed by atoms with Gasteiger partial charge in [0.2, 0.25) is 0 Å². The van der Waals surface area contributed by atoms with Crippen molar-refractivity contribution in [2.45, 2.75) is 6.92 Å². The van der Waals surface area contributed by atoms with E-state index in [1.807, 2.05) is 25.1 Å². The smallest absolute Gasteiger partial charge is 0.313 e. The highest BCUT2D eigenvalue weighted by Gasteiger charge is 2.57. The van der Waals surface area contributed by atoms with Crippen LogP contribution in [0, 0.1) is 18.3 Å². The van der Waals surface area contributed by atoms with Crippen LogP contribution in [0.5, 0.6) is 0 Å². The number of rotatable bonds is 2. The van der Waals surface area contributed by atoms with E-state index >= 15 is 0 Å². The first-order valence-corrected chi connectivity index (χ1v) is 8.43. The minimum Gasteiger partial charge on any atom is -0.481 e. The van der Waals surface area contributed by atoms with Crippen molar-refractivity contribution < 1.29 is 14.7 Å². The van der Waals surface area contributed by atoms with Gasteiger partial charge in [0, 0.05) is 43.7 Å². The second kappa shape index (κ2) is 4.78. The summed E-state index contributed by atoms with van der Waals surface area (Å²) in [5, 5.41) is 11.5. The monoisotopic (exact) mass is 334 g/mol. The zero-order valence-electron chi connectivity index (χ0n) is 13.0. The fourth-order valence-electron chi connectivity index (χ4n) is 3.99. The Balaban J connectivity index is 1.65. The number of hydrogen-bond acceptors (Lipinski definition) is 5. The van der Waals surface area contributed by atoms with Crippen molar-refractivity contribution in [1.29, 1.82) is 0 Å². The van der Waals surface area contributed by atoms with Crippen molar-refractivity contribution in [3.05, 3.63) is 23.0 Å². The molecule has 23 heavy (non-hydrogen) atoms. The molecule has 0 spiro atoms. The number of nitrogens with zero attached hydrogens (tertiary/aromatic N) is 4. The molecule has 4 rings (SSSR count). The Hall–Kier alpha value is -1.93. The minimum absolute atomic E-state index is 0.00685. The summed E-state index contributed by atoms with van der Waals surface area (Å²) in [7, 11) is 1.94. The Morgan fingerprint density at radius 3 is 2.87 bits per heavy atom. The zero-order chi connectivity index (χ0) is 16.4. The van der Waals surface area contributed by atoms with Gasteiger partial charge in [-0.05, 0) is 14.0 Å². The Morgan fingerprint density at radius 2 is 2.17 bits per heavy atom. The average Bonchev–Trinajstić information content (AvgIpc) is 3.15.